The monoisotopic (exact) mass is 295 g/mol. The lowest BCUT2D eigenvalue weighted by Gasteiger charge is -2.01. The first kappa shape index (κ1) is 13.8. The second-order valence-electron chi connectivity index (χ2n) is 4.58. The Labute approximate surface area is 125 Å². The van der Waals surface area contributed by atoms with Crippen molar-refractivity contribution >= 4 is 5.91 Å². The van der Waals surface area contributed by atoms with Crippen LogP contribution in [0.3, 0.4) is 0 Å². The number of nitrogens with one attached hydrogen (secondary N) is 2. The SMILES string of the molecule is O=C(NCc1ncc(-c2ccccc2)o1)c1ccc[nH]c1=O. The van der Waals surface area contributed by atoms with E-state index in [9.17, 15) is 9.59 Å². The summed E-state index contributed by atoms with van der Waals surface area (Å²) in [6.45, 7) is 0.111. The molecule has 0 saturated heterocycles. The van der Waals surface area contributed by atoms with Gasteiger partial charge in [-0.1, -0.05) is 30.3 Å². The number of hydrogen-bond donors (Lipinski definition) is 2. The lowest BCUT2D eigenvalue weighted by molar-refractivity contribution is 0.0946. The van der Waals surface area contributed by atoms with E-state index < -0.39 is 11.5 Å². The van der Waals surface area contributed by atoms with Crippen LogP contribution >= 0.6 is 0 Å². The molecule has 2 heterocycles. The van der Waals surface area contributed by atoms with Gasteiger partial charge in [0.15, 0.2) is 5.76 Å². The molecular formula is C16H13N3O3. The highest BCUT2D eigenvalue weighted by Gasteiger charge is 2.11. The van der Waals surface area contributed by atoms with E-state index in [1.807, 2.05) is 30.3 Å². The van der Waals surface area contributed by atoms with Gasteiger partial charge in [0.2, 0.25) is 5.89 Å². The third-order valence-electron chi connectivity index (χ3n) is 3.07. The van der Waals surface area contributed by atoms with Crippen LogP contribution in [-0.4, -0.2) is 15.9 Å². The van der Waals surface area contributed by atoms with Gasteiger partial charge in [0.25, 0.3) is 11.5 Å². The maximum Gasteiger partial charge on any atom is 0.260 e. The van der Waals surface area contributed by atoms with Crippen LogP contribution < -0.4 is 10.9 Å². The van der Waals surface area contributed by atoms with Crippen LogP contribution in [0.5, 0.6) is 0 Å². The molecule has 0 unspecified atom stereocenters. The predicted molar refractivity (Wildman–Crippen MR) is 80.2 cm³/mol. The number of hydrogen-bond acceptors (Lipinski definition) is 4. The van der Waals surface area contributed by atoms with Crippen molar-refractivity contribution in [3.63, 3.8) is 0 Å². The van der Waals surface area contributed by atoms with Crippen molar-refractivity contribution in [2.75, 3.05) is 0 Å². The number of nitrogens with zero attached hydrogens (tertiary/aromatic N) is 1. The van der Waals surface area contributed by atoms with Gasteiger partial charge < -0.3 is 14.7 Å². The molecule has 22 heavy (non-hydrogen) atoms. The zero-order chi connectivity index (χ0) is 15.4. The fourth-order valence-corrected chi connectivity index (χ4v) is 1.98. The molecule has 0 aliphatic heterocycles. The molecule has 0 aliphatic carbocycles. The number of amides is 1. The van der Waals surface area contributed by atoms with E-state index in [0.29, 0.717) is 11.7 Å². The van der Waals surface area contributed by atoms with Gasteiger partial charge in [0.1, 0.15) is 5.56 Å². The highest BCUT2D eigenvalue weighted by molar-refractivity contribution is 5.93. The lowest BCUT2D eigenvalue weighted by atomic mass is 10.2. The molecule has 6 heteroatoms. The van der Waals surface area contributed by atoms with E-state index >= 15 is 0 Å². The summed E-state index contributed by atoms with van der Waals surface area (Å²) in [7, 11) is 0. The highest BCUT2D eigenvalue weighted by atomic mass is 16.4. The summed E-state index contributed by atoms with van der Waals surface area (Å²) < 4.78 is 5.57. The molecule has 1 amide bonds. The number of benzene rings is 1. The van der Waals surface area contributed by atoms with Crippen LogP contribution in [0.4, 0.5) is 0 Å². The predicted octanol–water partition coefficient (Wildman–Crippen LogP) is 1.96. The summed E-state index contributed by atoms with van der Waals surface area (Å²) >= 11 is 0. The molecule has 3 rings (SSSR count). The van der Waals surface area contributed by atoms with Gasteiger partial charge in [-0.2, -0.15) is 0 Å². The quantitative estimate of drug-likeness (QED) is 0.770. The van der Waals surface area contributed by atoms with E-state index in [1.54, 1.807) is 12.3 Å². The minimum absolute atomic E-state index is 0.0531. The van der Waals surface area contributed by atoms with Gasteiger partial charge in [-0.25, -0.2) is 4.98 Å². The Balaban J connectivity index is 1.68. The average Bonchev–Trinajstić information content (AvgIpc) is 3.03. The van der Waals surface area contributed by atoms with Gasteiger partial charge in [-0.05, 0) is 12.1 Å². The molecule has 0 bridgehead atoms. The van der Waals surface area contributed by atoms with Gasteiger partial charge in [0.05, 0.1) is 12.7 Å². The minimum Gasteiger partial charge on any atom is -0.439 e. The molecule has 110 valence electrons. The molecule has 0 aliphatic rings. The van der Waals surface area contributed by atoms with Crippen molar-refractivity contribution in [3.8, 4) is 11.3 Å². The summed E-state index contributed by atoms with van der Waals surface area (Å²) in [5, 5.41) is 2.61. The number of aromatic nitrogens is 2. The van der Waals surface area contributed by atoms with Gasteiger partial charge >= 0.3 is 0 Å². The van der Waals surface area contributed by atoms with E-state index in [-0.39, 0.29) is 12.1 Å². The fraction of sp³-hybridized carbons (Fsp3) is 0.0625. The number of aromatic amines is 1. The van der Waals surface area contributed by atoms with Crippen molar-refractivity contribution in [1.29, 1.82) is 0 Å². The zero-order valence-electron chi connectivity index (χ0n) is 11.6. The maximum absolute atomic E-state index is 11.9. The Kier molecular flexibility index (Phi) is 3.82. The molecule has 0 saturated carbocycles. The number of oxazole rings is 1. The minimum atomic E-state index is -0.471. The molecule has 6 nitrogen and oxygen atoms in total. The summed E-state index contributed by atoms with van der Waals surface area (Å²) in [6, 6.07) is 12.6. The summed E-state index contributed by atoms with van der Waals surface area (Å²) in [4.78, 5) is 30.0. The molecule has 0 fully saturated rings. The third kappa shape index (κ3) is 2.95. The molecule has 0 spiro atoms. The molecule has 2 aromatic heterocycles. The van der Waals surface area contributed by atoms with Crippen molar-refractivity contribution in [2.24, 2.45) is 0 Å². The maximum atomic E-state index is 11.9. The van der Waals surface area contributed by atoms with Gasteiger partial charge in [-0.15, -0.1) is 0 Å². The summed E-state index contributed by atoms with van der Waals surface area (Å²) in [6.07, 6.45) is 3.07. The van der Waals surface area contributed by atoms with Crippen molar-refractivity contribution < 1.29 is 9.21 Å². The largest absolute Gasteiger partial charge is 0.439 e. The molecule has 1 aromatic carbocycles. The third-order valence-corrected chi connectivity index (χ3v) is 3.07. The number of carbonyl (C=O) groups excluding carboxylic acids is 1. The highest BCUT2D eigenvalue weighted by Crippen LogP contribution is 2.19. The first-order valence-electron chi connectivity index (χ1n) is 6.70. The number of carbonyl (C=O) groups is 1. The Morgan fingerprint density at radius 1 is 1.18 bits per heavy atom. The number of rotatable bonds is 4. The first-order valence-corrected chi connectivity index (χ1v) is 6.70. The topological polar surface area (TPSA) is 88.0 Å². The van der Waals surface area contributed by atoms with E-state index in [4.69, 9.17) is 4.42 Å². The Hall–Kier alpha value is -3.15. The lowest BCUT2D eigenvalue weighted by Crippen LogP contribution is -2.28. The second-order valence-corrected chi connectivity index (χ2v) is 4.58. The first-order chi connectivity index (χ1) is 10.7. The standard InChI is InChI=1S/C16H13N3O3/c20-15-12(7-4-8-17-15)16(21)19-10-14-18-9-13(22-14)11-5-2-1-3-6-11/h1-9H,10H2,(H,17,20)(H,19,21). The molecule has 0 atom stereocenters. The van der Waals surface area contributed by atoms with Crippen molar-refractivity contribution in [3.05, 3.63) is 76.7 Å². The van der Waals surface area contributed by atoms with Crippen molar-refractivity contribution in [1.82, 2.24) is 15.3 Å². The van der Waals surface area contributed by atoms with Crippen LogP contribution in [-0.2, 0) is 6.54 Å². The Morgan fingerprint density at radius 2 is 2.00 bits per heavy atom. The number of H-pyrrole nitrogens is 1. The smallest absolute Gasteiger partial charge is 0.260 e. The van der Waals surface area contributed by atoms with Crippen LogP contribution in [0.1, 0.15) is 16.2 Å². The van der Waals surface area contributed by atoms with Crippen LogP contribution in [0.15, 0.2) is 64.1 Å². The van der Waals surface area contributed by atoms with Crippen molar-refractivity contribution in [2.45, 2.75) is 6.54 Å². The van der Waals surface area contributed by atoms with Crippen LogP contribution in [0, 0.1) is 0 Å². The summed E-state index contributed by atoms with van der Waals surface area (Å²) in [5.41, 5.74) is 0.529. The molecular weight excluding hydrogens is 282 g/mol. The zero-order valence-corrected chi connectivity index (χ0v) is 11.6. The Morgan fingerprint density at radius 3 is 2.77 bits per heavy atom. The normalized spacial score (nSPS) is 10.4. The number of pyridine rings is 1. The average molecular weight is 295 g/mol. The summed E-state index contributed by atoms with van der Waals surface area (Å²) in [5.74, 6) is 0.531. The molecule has 2 N–H and O–H groups in total. The van der Waals surface area contributed by atoms with Crippen LogP contribution in [0.25, 0.3) is 11.3 Å². The van der Waals surface area contributed by atoms with E-state index in [0.717, 1.165) is 5.56 Å². The molecule has 0 radical (unpaired) electrons. The fourth-order valence-electron chi connectivity index (χ4n) is 1.98. The van der Waals surface area contributed by atoms with E-state index in [1.165, 1.54) is 12.3 Å². The second kappa shape index (κ2) is 6.09. The van der Waals surface area contributed by atoms with Gasteiger partial charge in [-0.3, -0.25) is 9.59 Å². The van der Waals surface area contributed by atoms with Gasteiger partial charge in [0, 0.05) is 11.8 Å². The van der Waals surface area contributed by atoms with Crippen LogP contribution in [0.2, 0.25) is 0 Å². The van der Waals surface area contributed by atoms with E-state index in [2.05, 4.69) is 15.3 Å². The Bertz CT molecular complexity index is 837. The molecule has 3 aromatic rings.